The van der Waals surface area contributed by atoms with Gasteiger partial charge in [0.05, 0.1) is 20.3 Å². The molecule has 0 amide bonds. The predicted octanol–water partition coefficient (Wildman–Crippen LogP) is 7.77. The number of aliphatic carboxylic acids is 2. The molecule has 1 aliphatic rings. The minimum Gasteiger partial charge on any atom is -0.481 e. The lowest BCUT2D eigenvalue weighted by Gasteiger charge is -2.58. The Labute approximate surface area is 200 Å². The molecule has 4 atom stereocenters. The molecule has 8 heteroatoms. The molecule has 174 valence electrons. The van der Waals surface area contributed by atoms with Crippen molar-refractivity contribution < 1.29 is 19.8 Å². The normalized spacial score (nSPS) is 31.8. The lowest BCUT2D eigenvalue weighted by molar-refractivity contribution is -0.178. The summed E-state index contributed by atoms with van der Waals surface area (Å²) < 4.78 is 0. The fraction of sp³-hybridized carbons (Fsp3) is 0.818. The van der Waals surface area contributed by atoms with Crippen LogP contribution in [0.2, 0.25) is 0 Å². The number of unbranched alkanes of at least 4 members (excludes halogenated alkanes) is 5. The zero-order chi connectivity index (χ0) is 23.2. The Morgan fingerprint density at radius 2 is 1.37 bits per heavy atom. The first-order valence-corrected chi connectivity index (χ1v) is 12.5. The molecule has 0 saturated heterocycles. The van der Waals surface area contributed by atoms with Gasteiger partial charge in [-0.25, -0.2) is 0 Å². The van der Waals surface area contributed by atoms with E-state index in [1.165, 1.54) is 0 Å². The minimum absolute atomic E-state index is 0.0456. The maximum atomic E-state index is 13.0. The minimum atomic E-state index is -1.93. The first-order chi connectivity index (χ1) is 14.0. The number of allylic oxidation sites excluding steroid dienone is 1. The van der Waals surface area contributed by atoms with E-state index < -0.39 is 33.0 Å². The van der Waals surface area contributed by atoms with Crippen LogP contribution < -0.4 is 0 Å². The Hall–Kier alpha value is -0.160. The van der Waals surface area contributed by atoms with Crippen LogP contribution in [0, 0.1) is 10.8 Å². The summed E-state index contributed by atoms with van der Waals surface area (Å²) in [6.07, 6.45) is 6.04. The van der Waals surface area contributed by atoms with Crippen LogP contribution in [0.25, 0.3) is 0 Å². The average molecular weight is 504 g/mol. The Kier molecular flexibility index (Phi) is 10.8. The Bertz CT molecular complexity index is 653. The molecule has 0 aromatic heterocycles. The predicted molar refractivity (Wildman–Crippen MR) is 125 cm³/mol. The number of carbonyl (C=O) groups is 2. The van der Waals surface area contributed by atoms with Gasteiger partial charge in [0, 0.05) is 0 Å². The van der Waals surface area contributed by atoms with Crippen molar-refractivity contribution in [1.29, 1.82) is 0 Å². The lowest BCUT2D eigenvalue weighted by Crippen LogP contribution is -2.68. The zero-order valence-corrected chi connectivity index (χ0v) is 21.1. The maximum Gasteiger partial charge on any atom is 0.316 e. The SMILES string of the molecule is CCCCCCC1(C(=O)O)C(Cl)=C(Cl)C(Cl)C(Cl)(CCCC)C1(CCCC)C(=O)O. The first kappa shape index (κ1) is 27.9. The highest BCUT2D eigenvalue weighted by Gasteiger charge is 2.75. The summed E-state index contributed by atoms with van der Waals surface area (Å²) in [5.74, 6) is -2.57. The molecule has 0 fully saturated rings. The highest BCUT2D eigenvalue weighted by Crippen LogP contribution is 2.68. The Morgan fingerprint density at radius 3 is 1.83 bits per heavy atom. The van der Waals surface area contributed by atoms with E-state index in [1.54, 1.807) is 0 Å². The highest BCUT2D eigenvalue weighted by atomic mass is 35.5. The van der Waals surface area contributed by atoms with E-state index in [4.69, 9.17) is 46.4 Å². The topological polar surface area (TPSA) is 74.6 Å². The molecule has 0 radical (unpaired) electrons. The van der Waals surface area contributed by atoms with Gasteiger partial charge < -0.3 is 10.2 Å². The van der Waals surface area contributed by atoms with E-state index in [2.05, 4.69) is 0 Å². The number of carboxylic acids is 2. The summed E-state index contributed by atoms with van der Waals surface area (Å²) in [6, 6.07) is 0. The molecule has 4 nitrogen and oxygen atoms in total. The van der Waals surface area contributed by atoms with Gasteiger partial charge in [-0.1, -0.05) is 95.3 Å². The number of halogens is 4. The van der Waals surface area contributed by atoms with Gasteiger partial charge in [0.25, 0.3) is 0 Å². The lowest BCUT2D eigenvalue weighted by atomic mass is 9.49. The van der Waals surface area contributed by atoms with Crippen molar-refractivity contribution in [3.63, 3.8) is 0 Å². The number of alkyl halides is 2. The second kappa shape index (κ2) is 11.6. The van der Waals surface area contributed by atoms with Crippen LogP contribution in [0.1, 0.15) is 91.4 Å². The number of carboxylic acid groups (broad SMARTS) is 2. The zero-order valence-electron chi connectivity index (χ0n) is 18.1. The van der Waals surface area contributed by atoms with Crippen molar-refractivity contribution in [3.8, 4) is 0 Å². The van der Waals surface area contributed by atoms with Crippen LogP contribution in [0.5, 0.6) is 0 Å². The van der Waals surface area contributed by atoms with Crippen LogP contribution in [0.4, 0.5) is 0 Å². The number of hydrogen-bond donors (Lipinski definition) is 2. The van der Waals surface area contributed by atoms with Crippen LogP contribution in [0.3, 0.4) is 0 Å². The van der Waals surface area contributed by atoms with E-state index >= 15 is 0 Å². The van der Waals surface area contributed by atoms with Crippen LogP contribution in [-0.2, 0) is 9.59 Å². The number of rotatable bonds is 13. The molecule has 1 aliphatic carbocycles. The standard InChI is InChI=1S/C22H34Cl4O4/c1-4-7-10-11-12-20(18(27)28)16(24)15(23)17(25)22(26,14-9-6-3)21(20,19(29)30)13-8-5-2/h17H,4-14H2,1-3H3,(H,27,28)(H,29,30). The van der Waals surface area contributed by atoms with Crippen molar-refractivity contribution in [1.82, 2.24) is 0 Å². The van der Waals surface area contributed by atoms with Crippen molar-refractivity contribution in [2.45, 2.75) is 102 Å². The van der Waals surface area contributed by atoms with Gasteiger partial charge in [-0.3, -0.25) is 9.59 Å². The molecule has 1 rings (SSSR count). The molecular formula is C22H34Cl4O4. The highest BCUT2D eigenvalue weighted by molar-refractivity contribution is 6.48. The third-order valence-corrected chi connectivity index (χ3v) is 9.16. The smallest absolute Gasteiger partial charge is 0.316 e. The van der Waals surface area contributed by atoms with Crippen molar-refractivity contribution in [3.05, 3.63) is 10.1 Å². The molecule has 0 aromatic carbocycles. The molecule has 0 saturated carbocycles. The second-order valence-corrected chi connectivity index (χ2v) is 10.2. The molecule has 0 spiro atoms. The van der Waals surface area contributed by atoms with E-state index in [0.717, 1.165) is 25.7 Å². The van der Waals surface area contributed by atoms with Crippen molar-refractivity contribution >= 4 is 58.3 Å². The largest absolute Gasteiger partial charge is 0.481 e. The fourth-order valence-electron chi connectivity index (χ4n) is 4.90. The molecule has 30 heavy (non-hydrogen) atoms. The third-order valence-electron chi connectivity index (χ3n) is 6.58. The van der Waals surface area contributed by atoms with Crippen molar-refractivity contribution in [2.24, 2.45) is 10.8 Å². The third kappa shape index (κ3) is 4.49. The molecule has 4 unspecified atom stereocenters. The van der Waals surface area contributed by atoms with Gasteiger partial charge in [-0.2, -0.15) is 0 Å². The average Bonchev–Trinajstić information content (AvgIpc) is 2.70. The monoisotopic (exact) mass is 502 g/mol. The summed E-state index contributed by atoms with van der Waals surface area (Å²) in [4.78, 5) is 24.4. The van der Waals surface area contributed by atoms with E-state index in [1.807, 2.05) is 20.8 Å². The first-order valence-electron chi connectivity index (χ1n) is 10.9. The van der Waals surface area contributed by atoms with Crippen LogP contribution in [0.15, 0.2) is 10.1 Å². The van der Waals surface area contributed by atoms with Gasteiger partial charge in [-0.05, 0) is 19.3 Å². The van der Waals surface area contributed by atoms with Gasteiger partial charge in [0.15, 0.2) is 0 Å². The Morgan fingerprint density at radius 1 is 0.833 bits per heavy atom. The van der Waals surface area contributed by atoms with Gasteiger partial charge in [0.1, 0.15) is 10.8 Å². The molecule has 0 bridgehead atoms. The van der Waals surface area contributed by atoms with Gasteiger partial charge in [-0.15, -0.1) is 23.2 Å². The summed E-state index contributed by atoms with van der Waals surface area (Å²) in [5, 5.41) is 19.8. The summed E-state index contributed by atoms with van der Waals surface area (Å²) >= 11 is 26.9. The molecule has 0 aromatic rings. The number of hydrogen-bond acceptors (Lipinski definition) is 2. The van der Waals surface area contributed by atoms with E-state index in [9.17, 15) is 19.8 Å². The summed E-state index contributed by atoms with van der Waals surface area (Å²) in [6.45, 7) is 5.93. The summed E-state index contributed by atoms with van der Waals surface area (Å²) in [5.41, 5.74) is -3.81. The van der Waals surface area contributed by atoms with Crippen LogP contribution in [-0.4, -0.2) is 32.4 Å². The van der Waals surface area contributed by atoms with Gasteiger partial charge >= 0.3 is 11.9 Å². The van der Waals surface area contributed by atoms with E-state index in [-0.39, 0.29) is 29.3 Å². The molecule has 0 aliphatic heterocycles. The maximum absolute atomic E-state index is 13.0. The van der Waals surface area contributed by atoms with Crippen molar-refractivity contribution in [2.75, 3.05) is 0 Å². The molecule has 2 N–H and O–H groups in total. The van der Waals surface area contributed by atoms with E-state index in [0.29, 0.717) is 25.7 Å². The summed E-state index contributed by atoms with van der Waals surface area (Å²) in [7, 11) is 0. The van der Waals surface area contributed by atoms with Crippen LogP contribution >= 0.6 is 46.4 Å². The quantitative estimate of drug-likeness (QED) is 0.199. The Balaban J connectivity index is 3.91. The molecule has 0 heterocycles. The fourth-order valence-corrected chi connectivity index (χ4v) is 6.79. The molecular weight excluding hydrogens is 470 g/mol. The van der Waals surface area contributed by atoms with Gasteiger partial charge in [0.2, 0.25) is 0 Å². The second-order valence-electron chi connectivity index (χ2n) is 8.33.